The minimum Gasteiger partial charge on any atom is -0.349 e. The number of nitrogens with zero attached hydrogens (tertiary/aromatic N) is 1. The molecule has 5 nitrogen and oxygen atoms in total. The Balaban J connectivity index is 6.58. The molecule has 0 aromatic carbocycles. The summed E-state index contributed by atoms with van der Waals surface area (Å²) in [4.78, 5) is 14.1. The molecule has 0 atom stereocenters. The van der Waals surface area contributed by atoms with Gasteiger partial charge in [0.25, 0.3) is 0 Å². The third-order valence-corrected chi connectivity index (χ3v) is 4.61. The van der Waals surface area contributed by atoms with E-state index in [9.17, 15) is 70.3 Å². The van der Waals surface area contributed by atoms with E-state index in [1.807, 2.05) is 0 Å². The van der Waals surface area contributed by atoms with Gasteiger partial charge in [-0.25, -0.2) is 13.2 Å². The fraction of sp³-hybridized carbons (Fsp3) is 0.700. The highest BCUT2D eigenvalue weighted by atomic mass is 32.2. The van der Waals surface area contributed by atoms with Crippen LogP contribution in [0.5, 0.6) is 0 Å². The maximum absolute atomic E-state index is 13.6. The zero-order valence-electron chi connectivity index (χ0n) is 13.2. The van der Waals surface area contributed by atoms with Crippen molar-refractivity contribution in [3.05, 3.63) is 12.7 Å². The smallest absolute Gasteiger partial charge is 0.349 e. The molecular weight excluding hydrogens is 477 g/mol. The van der Waals surface area contributed by atoms with E-state index in [1.165, 1.54) is 0 Å². The van der Waals surface area contributed by atoms with Gasteiger partial charge in [0, 0.05) is 13.1 Å². The molecule has 0 saturated carbocycles. The van der Waals surface area contributed by atoms with Crippen LogP contribution in [0, 0.1) is 0 Å². The van der Waals surface area contributed by atoms with Gasteiger partial charge in [0.05, 0.1) is 0 Å². The summed E-state index contributed by atoms with van der Waals surface area (Å²) in [6.07, 6.45) is -7.62. The van der Waals surface area contributed by atoms with Crippen LogP contribution in [0.3, 0.4) is 0 Å². The monoisotopic (exact) mass is 483 g/mol. The fourth-order valence-electron chi connectivity index (χ4n) is 1.29. The molecule has 0 saturated heterocycles. The molecule has 0 radical (unpaired) electrons. The van der Waals surface area contributed by atoms with Gasteiger partial charge >= 0.3 is 51.1 Å². The molecule has 0 aliphatic heterocycles. The Labute approximate surface area is 151 Å². The summed E-state index contributed by atoms with van der Waals surface area (Å²) in [6, 6.07) is 0. The summed E-state index contributed by atoms with van der Waals surface area (Å²) < 4.78 is 188. The predicted molar refractivity (Wildman–Crippen MR) is 63.8 cm³/mol. The summed E-state index contributed by atoms with van der Waals surface area (Å²) in [5.41, 5.74) is 0. The zero-order valence-corrected chi connectivity index (χ0v) is 14.0. The Morgan fingerprint density at radius 3 is 1.45 bits per heavy atom. The van der Waals surface area contributed by atoms with Crippen molar-refractivity contribution < 1.29 is 75.1 Å². The van der Waals surface area contributed by atoms with E-state index < -0.39 is 55.6 Å². The van der Waals surface area contributed by atoms with Crippen molar-refractivity contribution in [2.45, 2.75) is 35.1 Å². The number of alkyl halides is 13. The molecular formula is C10H6F13NO4S. The molecule has 0 heterocycles. The highest BCUT2D eigenvalue weighted by Gasteiger charge is 2.92. The van der Waals surface area contributed by atoms with Crippen LogP contribution in [0.15, 0.2) is 12.7 Å². The first-order chi connectivity index (χ1) is 12.4. The Kier molecular flexibility index (Phi) is 6.72. The van der Waals surface area contributed by atoms with Crippen LogP contribution < -0.4 is 0 Å². The molecule has 0 aliphatic rings. The first-order valence-corrected chi connectivity index (χ1v) is 7.60. The van der Waals surface area contributed by atoms with Crippen LogP contribution in [0.25, 0.3) is 0 Å². The van der Waals surface area contributed by atoms with Gasteiger partial charge < -0.3 is 4.84 Å². The summed E-state index contributed by atoms with van der Waals surface area (Å²) in [6.45, 7) is 2.59. The average molecular weight is 483 g/mol. The second-order valence-corrected chi connectivity index (χ2v) is 6.82. The third kappa shape index (κ3) is 3.73. The molecule has 0 fully saturated rings. The van der Waals surface area contributed by atoms with Gasteiger partial charge in [0.15, 0.2) is 0 Å². The summed E-state index contributed by atoms with van der Waals surface area (Å²) in [5, 5.41) is -7.50. The lowest BCUT2D eigenvalue weighted by atomic mass is 9.98. The lowest BCUT2D eigenvalue weighted by molar-refractivity contribution is -0.433. The Bertz CT molecular complexity index is 758. The minimum absolute atomic E-state index is 0.0228. The largest absolute Gasteiger partial charge is 0.460 e. The normalized spacial score (nSPS) is 15.4. The van der Waals surface area contributed by atoms with Crippen molar-refractivity contribution in [3.8, 4) is 0 Å². The number of rotatable bonds is 8. The van der Waals surface area contributed by atoms with Crippen molar-refractivity contribution in [1.82, 2.24) is 4.47 Å². The predicted octanol–water partition coefficient (Wildman–Crippen LogP) is 3.59. The number of halogens is 13. The van der Waals surface area contributed by atoms with Crippen LogP contribution in [0.4, 0.5) is 57.1 Å². The van der Waals surface area contributed by atoms with E-state index in [2.05, 4.69) is 11.4 Å². The first-order valence-electron chi connectivity index (χ1n) is 6.16. The van der Waals surface area contributed by atoms with Gasteiger partial charge in [-0.15, -0.1) is 0 Å². The number of hydroxylamine groups is 1. The lowest BCUT2D eigenvalue weighted by Gasteiger charge is -2.39. The molecule has 0 aromatic heterocycles. The molecule has 0 aliphatic carbocycles. The summed E-state index contributed by atoms with van der Waals surface area (Å²) in [7, 11) is -7.72. The van der Waals surface area contributed by atoms with Crippen LogP contribution in [0.2, 0.25) is 0 Å². The maximum atomic E-state index is 13.6. The quantitative estimate of drug-likeness (QED) is 0.301. The maximum Gasteiger partial charge on any atom is 0.460 e. The van der Waals surface area contributed by atoms with E-state index in [0.717, 1.165) is 0 Å². The fourth-order valence-corrected chi connectivity index (χ4v) is 2.24. The summed E-state index contributed by atoms with van der Waals surface area (Å²) in [5.74, 6) is -34.7. The second-order valence-electron chi connectivity index (χ2n) is 4.84. The van der Waals surface area contributed by atoms with Gasteiger partial charge in [-0.2, -0.15) is 57.1 Å². The molecule has 172 valence electrons. The first kappa shape index (κ1) is 27.2. The van der Waals surface area contributed by atoms with E-state index in [4.69, 9.17) is 0 Å². The molecule has 0 bridgehead atoms. The van der Waals surface area contributed by atoms with Gasteiger partial charge in [-0.05, 0) is 4.47 Å². The van der Waals surface area contributed by atoms with Gasteiger partial charge in [-0.3, -0.25) is 0 Å². The second kappa shape index (κ2) is 7.17. The minimum atomic E-state index is -8.31. The van der Waals surface area contributed by atoms with Gasteiger partial charge in [0.2, 0.25) is 0 Å². The lowest BCUT2D eigenvalue weighted by Crippen LogP contribution is -2.71. The summed E-state index contributed by atoms with van der Waals surface area (Å²) >= 11 is 0. The van der Waals surface area contributed by atoms with Gasteiger partial charge in [0.1, 0.15) is 0 Å². The number of carbonyl (C=O) groups is 1. The van der Waals surface area contributed by atoms with Gasteiger partial charge in [-0.1, -0.05) is 6.58 Å². The molecule has 0 amide bonds. The molecule has 0 rings (SSSR count). The third-order valence-electron chi connectivity index (χ3n) is 2.95. The highest BCUT2D eigenvalue weighted by molar-refractivity contribution is 7.90. The molecule has 29 heavy (non-hydrogen) atoms. The van der Waals surface area contributed by atoms with Crippen LogP contribution in [0.1, 0.15) is 0 Å². The topological polar surface area (TPSA) is 63.7 Å². The number of sulfonamides is 1. The molecule has 0 unspecified atom stereocenters. The van der Waals surface area contributed by atoms with Crippen LogP contribution in [-0.2, 0) is 19.7 Å². The van der Waals surface area contributed by atoms with Crippen molar-refractivity contribution >= 4 is 16.0 Å². The zero-order chi connectivity index (χ0) is 24.1. The van der Waals surface area contributed by atoms with E-state index >= 15 is 0 Å². The van der Waals surface area contributed by atoms with Crippen molar-refractivity contribution in [1.29, 1.82) is 0 Å². The molecule has 19 heteroatoms. The number of hydrogen-bond acceptors (Lipinski definition) is 4. The molecule has 0 spiro atoms. The number of hydrogen-bond donors (Lipinski definition) is 0. The Hall–Kier alpha value is -1.79. The Morgan fingerprint density at radius 2 is 1.14 bits per heavy atom. The van der Waals surface area contributed by atoms with Crippen molar-refractivity contribution in [2.75, 3.05) is 7.05 Å². The van der Waals surface area contributed by atoms with Crippen molar-refractivity contribution in [2.24, 2.45) is 0 Å². The van der Waals surface area contributed by atoms with E-state index in [0.29, 0.717) is 0 Å². The van der Waals surface area contributed by atoms with Crippen LogP contribution in [-0.4, -0.2) is 61.0 Å². The number of carbonyl (C=O) groups excluding carboxylic acids is 1. The standard InChI is InChI=1S/C10H6F13NO4S/c1-3-4(25)28-24(2)29(26,27)10(22,23)8(17,18)6(13,14)5(11,12)7(15,16)9(19,20)21/h3H,1H2,2H3. The van der Waals surface area contributed by atoms with Crippen LogP contribution >= 0.6 is 0 Å². The molecule has 0 N–H and O–H groups in total. The van der Waals surface area contributed by atoms with E-state index in [-0.39, 0.29) is 13.1 Å². The highest BCUT2D eigenvalue weighted by Crippen LogP contribution is 2.61. The average Bonchev–Trinajstić information content (AvgIpc) is 2.52. The SMILES string of the molecule is C=CC(=O)ON(C)S(=O)(=O)C(F)(F)C(F)(F)C(F)(F)C(F)(F)C(F)(F)C(F)(F)F. The van der Waals surface area contributed by atoms with Crippen molar-refractivity contribution in [3.63, 3.8) is 0 Å². The van der Waals surface area contributed by atoms with E-state index in [1.54, 1.807) is 0 Å². The Morgan fingerprint density at radius 1 is 0.793 bits per heavy atom. The molecule has 0 aromatic rings.